The number of anilines is 1. The molecule has 0 radical (unpaired) electrons. The van der Waals surface area contributed by atoms with Crippen molar-refractivity contribution in [1.29, 1.82) is 0 Å². The van der Waals surface area contributed by atoms with E-state index >= 15 is 0 Å². The Morgan fingerprint density at radius 3 is 2.52 bits per heavy atom. The second kappa shape index (κ2) is 9.31. The molecule has 0 bridgehead atoms. The molecule has 0 unspecified atom stereocenters. The van der Waals surface area contributed by atoms with E-state index in [1.54, 1.807) is 6.92 Å². The van der Waals surface area contributed by atoms with E-state index in [1.807, 2.05) is 0 Å². The molecule has 0 atom stereocenters. The second-order valence-electron chi connectivity index (χ2n) is 5.23. The lowest BCUT2D eigenvalue weighted by atomic mass is 10.3. The van der Waals surface area contributed by atoms with Gasteiger partial charge in [-0.25, -0.2) is 14.4 Å². The molecule has 0 saturated heterocycles. The van der Waals surface area contributed by atoms with E-state index in [9.17, 15) is 22.4 Å². The van der Waals surface area contributed by atoms with Crippen molar-refractivity contribution in [2.75, 3.05) is 18.4 Å². The largest absolute Gasteiger partial charge is 0.434 e. The van der Waals surface area contributed by atoms with Crippen LogP contribution in [0, 0.1) is 5.82 Å². The number of guanidine groups is 1. The molecule has 1 aromatic carbocycles. The first-order chi connectivity index (χ1) is 12.8. The van der Waals surface area contributed by atoms with Crippen molar-refractivity contribution < 1.29 is 22.4 Å². The Bertz CT molecular complexity index is 789. The molecule has 27 heavy (non-hydrogen) atoms. The van der Waals surface area contributed by atoms with Crippen molar-refractivity contribution in [2.24, 2.45) is 4.99 Å². The van der Waals surface area contributed by atoms with Gasteiger partial charge in [0.15, 0.2) is 11.7 Å². The van der Waals surface area contributed by atoms with E-state index in [-0.39, 0.29) is 24.1 Å². The van der Waals surface area contributed by atoms with Gasteiger partial charge in [0.05, 0.1) is 6.54 Å². The number of carbonyl (C=O) groups is 1. The van der Waals surface area contributed by atoms with Crippen LogP contribution in [-0.2, 0) is 17.5 Å². The number of nitrogens with zero attached hydrogens (tertiary/aromatic N) is 2. The van der Waals surface area contributed by atoms with Crippen molar-refractivity contribution in [2.45, 2.75) is 19.6 Å². The first-order valence-corrected chi connectivity index (χ1v) is 8.75. The van der Waals surface area contributed by atoms with Crippen molar-refractivity contribution in [3.8, 4) is 0 Å². The van der Waals surface area contributed by atoms with Gasteiger partial charge in [-0.05, 0) is 31.2 Å². The summed E-state index contributed by atoms with van der Waals surface area (Å²) < 4.78 is 50.5. The molecule has 0 aliphatic heterocycles. The lowest BCUT2D eigenvalue weighted by Gasteiger charge is -2.10. The highest BCUT2D eigenvalue weighted by Gasteiger charge is 2.33. The summed E-state index contributed by atoms with van der Waals surface area (Å²) in [7, 11) is 0. The number of thiazole rings is 1. The molecule has 3 N–H and O–H groups in total. The highest BCUT2D eigenvalue weighted by atomic mass is 32.1. The summed E-state index contributed by atoms with van der Waals surface area (Å²) >= 11 is 0.878. The zero-order valence-corrected chi connectivity index (χ0v) is 15.0. The van der Waals surface area contributed by atoms with Gasteiger partial charge in [0.25, 0.3) is 0 Å². The first kappa shape index (κ1) is 20.6. The molecular formula is C16H17F4N5OS. The lowest BCUT2D eigenvalue weighted by Crippen LogP contribution is -2.37. The number of amides is 1. The number of hydrogen-bond acceptors (Lipinski definition) is 4. The van der Waals surface area contributed by atoms with Crippen molar-refractivity contribution in [1.82, 2.24) is 15.6 Å². The van der Waals surface area contributed by atoms with Crippen LogP contribution >= 0.6 is 11.3 Å². The number of aromatic nitrogens is 1. The number of aliphatic imine (C=N–C) groups is 1. The van der Waals surface area contributed by atoms with Gasteiger partial charge in [0.2, 0.25) is 5.91 Å². The minimum atomic E-state index is -4.48. The number of carbonyl (C=O) groups excluding carboxylic acids is 1. The number of benzene rings is 1. The van der Waals surface area contributed by atoms with Crippen LogP contribution in [0.2, 0.25) is 0 Å². The van der Waals surface area contributed by atoms with E-state index in [1.165, 1.54) is 24.3 Å². The average Bonchev–Trinajstić information content (AvgIpc) is 3.09. The molecule has 0 spiro atoms. The predicted molar refractivity (Wildman–Crippen MR) is 95.0 cm³/mol. The van der Waals surface area contributed by atoms with E-state index < -0.39 is 23.6 Å². The Morgan fingerprint density at radius 2 is 1.93 bits per heavy atom. The van der Waals surface area contributed by atoms with Crippen LogP contribution in [-0.4, -0.2) is 29.9 Å². The number of nitrogens with one attached hydrogen (secondary N) is 3. The Labute approximate surface area is 156 Å². The third kappa shape index (κ3) is 6.85. The van der Waals surface area contributed by atoms with Gasteiger partial charge >= 0.3 is 6.18 Å². The molecule has 0 aliphatic rings. The fourth-order valence-electron chi connectivity index (χ4n) is 1.91. The van der Waals surface area contributed by atoms with E-state index in [0.29, 0.717) is 12.2 Å². The van der Waals surface area contributed by atoms with Crippen molar-refractivity contribution in [3.63, 3.8) is 0 Å². The summed E-state index contributed by atoms with van der Waals surface area (Å²) in [5.41, 5.74) is -0.512. The van der Waals surface area contributed by atoms with Gasteiger partial charge in [0.1, 0.15) is 17.4 Å². The van der Waals surface area contributed by atoms with Crippen LogP contribution in [0.15, 0.2) is 34.6 Å². The average molecular weight is 403 g/mol. The zero-order chi connectivity index (χ0) is 19.9. The standard InChI is InChI=1S/C16H17F4N5OS/c1-2-21-15(23-8-14-25-12(9-27-14)16(18,19)20)22-7-13(26)24-11-5-3-10(17)4-6-11/h3-6,9H,2,7-8H2,1H3,(H,24,26)(H2,21,22,23). The molecule has 1 heterocycles. The first-order valence-electron chi connectivity index (χ1n) is 7.87. The van der Waals surface area contributed by atoms with Gasteiger partial charge in [-0.3, -0.25) is 4.79 Å². The summed E-state index contributed by atoms with van der Waals surface area (Å²) in [6.45, 7) is 2.11. The third-order valence-electron chi connectivity index (χ3n) is 3.10. The van der Waals surface area contributed by atoms with E-state index in [4.69, 9.17) is 0 Å². The smallest absolute Gasteiger partial charge is 0.357 e. The molecule has 1 aromatic heterocycles. The maximum absolute atomic E-state index is 12.8. The quantitative estimate of drug-likeness (QED) is 0.394. The van der Waals surface area contributed by atoms with Crippen LogP contribution in [0.1, 0.15) is 17.6 Å². The summed E-state index contributed by atoms with van der Waals surface area (Å²) in [6, 6.07) is 5.27. The maximum atomic E-state index is 12.8. The number of halogens is 4. The Morgan fingerprint density at radius 1 is 1.22 bits per heavy atom. The monoisotopic (exact) mass is 403 g/mol. The van der Waals surface area contributed by atoms with Gasteiger partial charge in [0, 0.05) is 17.6 Å². The minimum absolute atomic E-state index is 0.0339. The molecular weight excluding hydrogens is 386 g/mol. The molecule has 146 valence electrons. The van der Waals surface area contributed by atoms with E-state index in [2.05, 4.69) is 25.9 Å². The predicted octanol–water partition coefficient (Wildman–Crippen LogP) is 2.99. The molecule has 0 saturated carbocycles. The Kier molecular flexibility index (Phi) is 7.11. The molecule has 11 heteroatoms. The Balaban J connectivity index is 1.90. The summed E-state index contributed by atoms with van der Waals surface area (Å²) in [5.74, 6) is -0.580. The topological polar surface area (TPSA) is 78.4 Å². The van der Waals surface area contributed by atoms with Crippen molar-refractivity contribution in [3.05, 3.63) is 46.2 Å². The van der Waals surface area contributed by atoms with Gasteiger partial charge in [-0.1, -0.05) is 0 Å². The Hall–Kier alpha value is -2.69. The number of alkyl halides is 3. The number of rotatable bonds is 6. The van der Waals surface area contributed by atoms with Gasteiger partial charge < -0.3 is 16.0 Å². The highest BCUT2D eigenvalue weighted by molar-refractivity contribution is 7.09. The third-order valence-corrected chi connectivity index (χ3v) is 3.95. The van der Waals surface area contributed by atoms with Crippen LogP contribution in [0.3, 0.4) is 0 Å². The van der Waals surface area contributed by atoms with Crippen LogP contribution in [0.5, 0.6) is 0 Å². The molecule has 0 aliphatic carbocycles. The SMILES string of the molecule is CCNC(=NCC(=O)Nc1ccc(F)cc1)NCc1nc(C(F)(F)F)cs1. The van der Waals surface area contributed by atoms with Crippen LogP contribution < -0.4 is 16.0 Å². The molecule has 0 fully saturated rings. The lowest BCUT2D eigenvalue weighted by molar-refractivity contribution is -0.140. The zero-order valence-electron chi connectivity index (χ0n) is 14.2. The van der Waals surface area contributed by atoms with Crippen LogP contribution in [0.4, 0.5) is 23.2 Å². The summed E-state index contributed by atoms with van der Waals surface area (Å²) in [5, 5.41) is 9.44. The minimum Gasteiger partial charge on any atom is -0.357 e. The highest BCUT2D eigenvalue weighted by Crippen LogP contribution is 2.29. The molecule has 2 rings (SSSR count). The second-order valence-corrected chi connectivity index (χ2v) is 6.17. The normalized spacial score (nSPS) is 12.0. The van der Waals surface area contributed by atoms with Crippen molar-refractivity contribution >= 4 is 28.9 Å². The fourth-order valence-corrected chi connectivity index (χ4v) is 2.65. The molecule has 6 nitrogen and oxygen atoms in total. The summed E-state index contributed by atoms with van der Waals surface area (Å²) in [4.78, 5) is 19.5. The van der Waals surface area contributed by atoms with Gasteiger partial charge in [-0.2, -0.15) is 13.2 Å². The number of hydrogen-bond donors (Lipinski definition) is 3. The maximum Gasteiger partial charge on any atom is 0.434 e. The van der Waals surface area contributed by atoms with E-state index in [0.717, 1.165) is 16.7 Å². The van der Waals surface area contributed by atoms with Gasteiger partial charge in [-0.15, -0.1) is 11.3 Å². The molecule has 2 aromatic rings. The fraction of sp³-hybridized carbons (Fsp3) is 0.312. The van der Waals surface area contributed by atoms with Crippen LogP contribution in [0.25, 0.3) is 0 Å². The molecule has 1 amide bonds. The summed E-state index contributed by atoms with van der Waals surface area (Å²) in [6.07, 6.45) is -4.48.